The monoisotopic (exact) mass is 292 g/mol. The fourth-order valence-electron chi connectivity index (χ4n) is 2.83. The first-order valence-corrected chi connectivity index (χ1v) is 7.92. The van der Waals surface area contributed by atoms with Crippen molar-refractivity contribution in [3.63, 3.8) is 0 Å². The minimum Gasteiger partial charge on any atom is -0.489 e. The van der Waals surface area contributed by atoms with Crippen LogP contribution in [0.2, 0.25) is 0 Å². The van der Waals surface area contributed by atoms with E-state index in [9.17, 15) is 4.79 Å². The SMILES string of the molecule is CC(=O)O[C@H](COc1ccccc1)C[NH+]1CCCCCC1. The van der Waals surface area contributed by atoms with Crippen molar-refractivity contribution < 1.29 is 19.2 Å². The van der Waals surface area contributed by atoms with E-state index < -0.39 is 0 Å². The van der Waals surface area contributed by atoms with Gasteiger partial charge in [-0.15, -0.1) is 0 Å². The number of para-hydroxylation sites is 1. The Hall–Kier alpha value is -1.55. The molecule has 21 heavy (non-hydrogen) atoms. The summed E-state index contributed by atoms with van der Waals surface area (Å²) in [5, 5.41) is 0. The van der Waals surface area contributed by atoms with Crippen molar-refractivity contribution in [2.75, 3.05) is 26.2 Å². The van der Waals surface area contributed by atoms with Gasteiger partial charge in [0.15, 0.2) is 6.10 Å². The third-order valence-corrected chi connectivity index (χ3v) is 3.84. The first-order chi connectivity index (χ1) is 10.2. The standard InChI is InChI=1S/C17H25NO3/c1-15(19)21-17(13-18-11-7-2-3-8-12-18)14-20-16-9-5-4-6-10-16/h4-6,9-10,17H,2-3,7-8,11-14H2,1H3/p+1/t17-/m0/s1. The van der Waals surface area contributed by atoms with Crippen LogP contribution in [0.3, 0.4) is 0 Å². The van der Waals surface area contributed by atoms with Crippen LogP contribution in [0.1, 0.15) is 32.6 Å². The number of ether oxygens (including phenoxy) is 2. The normalized spacial score (nSPS) is 17.8. The molecule has 1 aromatic rings. The van der Waals surface area contributed by atoms with Crippen LogP contribution in [-0.4, -0.2) is 38.3 Å². The van der Waals surface area contributed by atoms with Gasteiger partial charge in [-0.2, -0.15) is 0 Å². The Morgan fingerprint density at radius 2 is 1.81 bits per heavy atom. The lowest BCUT2D eigenvalue weighted by Crippen LogP contribution is -3.13. The van der Waals surface area contributed by atoms with Gasteiger partial charge in [-0.3, -0.25) is 4.79 Å². The fourth-order valence-corrected chi connectivity index (χ4v) is 2.83. The van der Waals surface area contributed by atoms with E-state index in [0.717, 1.165) is 12.3 Å². The zero-order chi connectivity index (χ0) is 14.9. The highest BCUT2D eigenvalue weighted by Gasteiger charge is 2.21. The molecule has 0 spiro atoms. The molecule has 116 valence electrons. The van der Waals surface area contributed by atoms with Gasteiger partial charge in [0.1, 0.15) is 18.9 Å². The van der Waals surface area contributed by atoms with E-state index >= 15 is 0 Å². The Morgan fingerprint density at radius 3 is 2.43 bits per heavy atom. The van der Waals surface area contributed by atoms with Crippen molar-refractivity contribution in [2.45, 2.75) is 38.7 Å². The van der Waals surface area contributed by atoms with Crippen molar-refractivity contribution in [2.24, 2.45) is 0 Å². The number of rotatable bonds is 6. The summed E-state index contributed by atoms with van der Waals surface area (Å²) in [6.07, 6.45) is 5.00. The molecular weight excluding hydrogens is 266 g/mol. The minimum absolute atomic E-state index is 0.171. The molecule has 1 aromatic carbocycles. The highest BCUT2D eigenvalue weighted by Crippen LogP contribution is 2.09. The number of likely N-dealkylation sites (tertiary alicyclic amines) is 1. The Balaban J connectivity index is 1.85. The van der Waals surface area contributed by atoms with E-state index in [2.05, 4.69) is 0 Å². The van der Waals surface area contributed by atoms with Gasteiger partial charge in [0.25, 0.3) is 0 Å². The second-order valence-corrected chi connectivity index (χ2v) is 5.72. The van der Waals surface area contributed by atoms with Crippen molar-refractivity contribution in [3.05, 3.63) is 30.3 Å². The highest BCUT2D eigenvalue weighted by atomic mass is 16.6. The van der Waals surface area contributed by atoms with Gasteiger partial charge in [-0.1, -0.05) is 18.2 Å². The molecule has 4 heteroatoms. The maximum Gasteiger partial charge on any atom is 0.303 e. The van der Waals surface area contributed by atoms with Crippen LogP contribution in [0.4, 0.5) is 0 Å². The topological polar surface area (TPSA) is 40.0 Å². The molecule has 0 aromatic heterocycles. The zero-order valence-corrected chi connectivity index (χ0v) is 12.8. The molecule has 1 N–H and O–H groups in total. The predicted molar refractivity (Wildman–Crippen MR) is 81.5 cm³/mol. The quantitative estimate of drug-likeness (QED) is 0.807. The lowest BCUT2D eigenvalue weighted by atomic mass is 10.2. The van der Waals surface area contributed by atoms with E-state index in [1.807, 2.05) is 30.3 Å². The summed E-state index contributed by atoms with van der Waals surface area (Å²) in [5.41, 5.74) is 0. The molecule has 0 aliphatic carbocycles. The lowest BCUT2D eigenvalue weighted by Gasteiger charge is -2.23. The molecular formula is C17H26NO3+. The molecule has 1 fully saturated rings. The van der Waals surface area contributed by atoms with Gasteiger partial charge < -0.3 is 14.4 Å². The number of esters is 1. The highest BCUT2D eigenvalue weighted by molar-refractivity contribution is 5.66. The Morgan fingerprint density at radius 1 is 1.14 bits per heavy atom. The lowest BCUT2D eigenvalue weighted by molar-refractivity contribution is -0.902. The molecule has 4 nitrogen and oxygen atoms in total. The average Bonchev–Trinajstić information content (AvgIpc) is 2.74. The van der Waals surface area contributed by atoms with E-state index in [1.54, 1.807) is 0 Å². The van der Waals surface area contributed by atoms with Gasteiger partial charge in [-0.25, -0.2) is 0 Å². The van der Waals surface area contributed by atoms with Gasteiger partial charge in [0.05, 0.1) is 13.1 Å². The second-order valence-electron chi connectivity index (χ2n) is 5.72. The predicted octanol–water partition coefficient (Wildman–Crippen LogP) is 1.46. The summed E-state index contributed by atoms with van der Waals surface area (Å²) >= 11 is 0. The van der Waals surface area contributed by atoms with Crippen LogP contribution >= 0.6 is 0 Å². The average molecular weight is 292 g/mol. The first-order valence-electron chi connectivity index (χ1n) is 7.92. The van der Waals surface area contributed by atoms with E-state index in [-0.39, 0.29) is 12.1 Å². The largest absolute Gasteiger partial charge is 0.489 e. The number of quaternary nitrogens is 1. The molecule has 0 unspecified atom stereocenters. The molecule has 1 atom stereocenters. The van der Waals surface area contributed by atoms with Gasteiger partial charge in [0.2, 0.25) is 0 Å². The molecule has 0 amide bonds. The van der Waals surface area contributed by atoms with Crippen molar-refractivity contribution in [1.29, 1.82) is 0 Å². The fraction of sp³-hybridized carbons (Fsp3) is 0.588. The summed E-state index contributed by atoms with van der Waals surface area (Å²) in [4.78, 5) is 12.8. The van der Waals surface area contributed by atoms with Crippen LogP contribution in [0.15, 0.2) is 30.3 Å². The molecule has 1 heterocycles. The van der Waals surface area contributed by atoms with Crippen LogP contribution in [0.5, 0.6) is 5.75 Å². The summed E-state index contributed by atoms with van der Waals surface area (Å²) in [7, 11) is 0. The van der Waals surface area contributed by atoms with Crippen LogP contribution in [-0.2, 0) is 9.53 Å². The summed E-state index contributed by atoms with van der Waals surface area (Å²) < 4.78 is 11.2. The summed E-state index contributed by atoms with van der Waals surface area (Å²) in [5.74, 6) is 0.589. The maximum absolute atomic E-state index is 11.3. The Kier molecular flexibility index (Phi) is 6.54. The molecule has 1 aliphatic rings. The number of hydrogen-bond donors (Lipinski definition) is 1. The molecule has 1 saturated heterocycles. The smallest absolute Gasteiger partial charge is 0.303 e. The van der Waals surface area contributed by atoms with E-state index in [4.69, 9.17) is 9.47 Å². The van der Waals surface area contributed by atoms with Gasteiger partial charge in [0, 0.05) is 6.92 Å². The van der Waals surface area contributed by atoms with Crippen LogP contribution in [0.25, 0.3) is 0 Å². The molecule has 2 rings (SSSR count). The van der Waals surface area contributed by atoms with Gasteiger partial charge in [-0.05, 0) is 37.8 Å². The van der Waals surface area contributed by atoms with E-state index in [1.165, 1.54) is 50.6 Å². The second kappa shape index (κ2) is 8.67. The Labute approximate surface area is 127 Å². The van der Waals surface area contributed by atoms with Crippen molar-refractivity contribution in [1.82, 2.24) is 0 Å². The van der Waals surface area contributed by atoms with Gasteiger partial charge >= 0.3 is 5.97 Å². The number of carbonyl (C=O) groups is 1. The zero-order valence-electron chi connectivity index (χ0n) is 12.8. The molecule has 0 radical (unpaired) electrons. The first kappa shape index (κ1) is 15.8. The van der Waals surface area contributed by atoms with Crippen molar-refractivity contribution in [3.8, 4) is 5.75 Å². The number of nitrogens with one attached hydrogen (secondary N) is 1. The number of benzene rings is 1. The van der Waals surface area contributed by atoms with E-state index in [0.29, 0.717) is 6.61 Å². The number of carbonyl (C=O) groups excluding carboxylic acids is 1. The molecule has 1 aliphatic heterocycles. The summed E-state index contributed by atoms with van der Waals surface area (Å²) in [6, 6.07) is 9.68. The van der Waals surface area contributed by atoms with Crippen LogP contribution < -0.4 is 9.64 Å². The van der Waals surface area contributed by atoms with Crippen LogP contribution in [0, 0.1) is 0 Å². The maximum atomic E-state index is 11.3. The molecule has 0 saturated carbocycles. The summed E-state index contributed by atoms with van der Waals surface area (Å²) in [6.45, 7) is 5.07. The Bertz CT molecular complexity index is 413. The third-order valence-electron chi connectivity index (χ3n) is 3.84. The minimum atomic E-state index is -0.231. The number of hydrogen-bond acceptors (Lipinski definition) is 3. The molecule has 0 bridgehead atoms. The van der Waals surface area contributed by atoms with Crippen molar-refractivity contribution >= 4 is 5.97 Å². The third kappa shape index (κ3) is 6.17.